The Bertz CT molecular complexity index is 1230. The van der Waals surface area contributed by atoms with Gasteiger partial charge in [-0.15, -0.1) is 16.8 Å². The summed E-state index contributed by atoms with van der Waals surface area (Å²) in [5, 5.41) is 11.9. The number of halogens is 1. The first kappa shape index (κ1) is 27.5. The largest absolute Gasteiger partial charge is 0.485 e. The summed E-state index contributed by atoms with van der Waals surface area (Å²) in [5.41, 5.74) is 1.80. The number of hydrogen-bond donors (Lipinski definition) is 1. The molecule has 36 heavy (non-hydrogen) atoms. The van der Waals surface area contributed by atoms with E-state index in [-0.39, 0.29) is 24.9 Å². The molecule has 8 nitrogen and oxygen atoms in total. The summed E-state index contributed by atoms with van der Waals surface area (Å²) >= 11 is 4.76. The smallest absolute Gasteiger partial charge is 0.340 e. The lowest BCUT2D eigenvalue weighted by Gasteiger charge is -2.15. The third-order valence-corrected chi connectivity index (χ3v) is 6.54. The molecule has 0 bridgehead atoms. The maximum Gasteiger partial charge on any atom is 0.340 e. The number of amides is 1. The summed E-state index contributed by atoms with van der Waals surface area (Å²) < 4.78 is 14.0. The van der Waals surface area contributed by atoms with Gasteiger partial charge in [-0.25, -0.2) is 4.79 Å². The Morgan fingerprint density at radius 1 is 1.22 bits per heavy atom. The lowest BCUT2D eigenvalue weighted by atomic mass is 10.0. The predicted octanol–water partition coefficient (Wildman–Crippen LogP) is 5.84. The molecule has 0 radical (unpaired) electrons. The zero-order valence-electron chi connectivity index (χ0n) is 20.5. The lowest BCUT2D eigenvalue weighted by Crippen LogP contribution is -2.18. The fraction of sp³-hybridized carbons (Fsp3) is 0.308. The van der Waals surface area contributed by atoms with Crippen LogP contribution in [0.2, 0.25) is 0 Å². The molecule has 1 aromatic heterocycles. The van der Waals surface area contributed by atoms with Crippen LogP contribution in [0.15, 0.2) is 64.7 Å². The summed E-state index contributed by atoms with van der Waals surface area (Å²) in [6, 6.07) is 12.7. The highest BCUT2D eigenvalue weighted by Crippen LogP contribution is 2.30. The van der Waals surface area contributed by atoms with Gasteiger partial charge in [0.15, 0.2) is 11.0 Å². The number of allylic oxidation sites excluding steroid dienone is 1. The minimum atomic E-state index is -0.484. The van der Waals surface area contributed by atoms with E-state index >= 15 is 0 Å². The fourth-order valence-corrected chi connectivity index (χ4v) is 4.53. The number of nitrogens with one attached hydrogen (secondary N) is 1. The maximum absolute atomic E-state index is 12.6. The summed E-state index contributed by atoms with van der Waals surface area (Å²) in [4.78, 5) is 24.8. The van der Waals surface area contributed by atoms with Gasteiger partial charge in [0.05, 0.1) is 23.6 Å². The zero-order valence-corrected chi connectivity index (χ0v) is 22.9. The van der Waals surface area contributed by atoms with Crippen molar-refractivity contribution in [3.8, 4) is 5.75 Å². The highest BCUT2D eigenvalue weighted by atomic mass is 79.9. The van der Waals surface area contributed by atoms with Crippen molar-refractivity contribution in [2.45, 2.75) is 45.0 Å². The van der Waals surface area contributed by atoms with Gasteiger partial charge < -0.3 is 14.8 Å². The molecule has 1 amide bonds. The number of ether oxygens (including phenoxy) is 2. The van der Waals surface area contributed by atoms with E-state index in [1.807, 2.05) is 16.7 Å². The highest BCUT2D eigenvalue weighted by molar-refractivity contribution is 9.10. The van der Waals surface area contributed by atoms with E-state index in [2.05, 4.69) is 57.9 Å². The van der Waals surface area contributed by atoms with Crippen LogP contribution in [0.3, 0.4) is 0 Å². The molecular formula is C26H29BrN4O4S. The van der Waals surface area contributed by atoms with Crippen LogP contribution in [0.5, 0.6) is 5.75 Å². The molecule has 0 aliphatic rings. The molecule has 3 aromatic rings. The molecule has 0 spiro atoms. The zero-order chi connectivity index (χ0) is 26.1. The van der Waals surface area contributed by atoms with Gasteiger partial charge in [-0.3, -0.25) is 9.36 Å². The van der Waals surface area contributed by atoms with E-state index in [4.69, 9.17) is 9.47 Å². The summed E-state index contributed by atoms with van der Waals surface area (Å²) in [7, 11) is 0. The number of rotatable bonds is 12. The Kier molecular flexibility index (Phi) is 10.1. The molecule has 1 heterocycles. The van der Waals surface area contributed by atoms with Crippen molar-refractivity contribution in [2.75, 3.05) is 17.7 Å². The first-order valence-corrected chi connectivity index (χ1v) is 13.3. The first-order valence-electron chi connectivity index (χ1n) is 11.5. The maximum atomic E-state index is 12.6. The molecule has 2 aromatic carbocycles. The SMILES string of the molecule is C=CCn1c(COc2ccc(Br)cc2C(C)C)nnc1SCC(=O)Nc1ccccc1C(=O)OCC. The van der Waals surface area contributed by atoms with E-state index in [0.717, 1.165) is 15.8 Å². The van der Waals surface area contributed by atoms with E-state index in [1.54, 1.807) is 37.3 Å². The second kappa shape index (κ2) is 13.3. The van der Waals surface area contributed by atoms with Gasteiger partial charge >= 0.3 is 5.97 Å². The average molecular weight is 574 g/mol. The molecule has 0 fully saturated rings. The number of para-hydroxylation sites is 1. The molecule has 1 N–H and O–H groups in total. The van der Waals surface area contributed by atoms with Gasteiger partial charge in [0.25, 0.3) is 0 Å². The van der Waals surface area contributed by atoms with Crippen LogP contribution < -0.4 is 10.1 Å². The Morgan fingerprint density at radius 2 is 2.00 bits per heavy atom. The monoisotopic (exact) mass is 572 g/mol. The van der Waals surface area contributed by atoms with E-state index in [0.29, 0.717) is 34.7 Å². The number of carbonyl (C=O) groups is 2. The topological polar surface area (TPSA) is 95.3 Å². The van der Waals surface area contributed by atoms with Gasteiger partial charge in [0.2, 0.25) is 5.91 Å². The average Bonchev–Trinajstić information content (AvgIpc) is 3.24. The fourth-order valence-electron chi connectivity index (χ4n) is 3.38. The summed E-state index contributed by atoms with van der Waals surface area (Å²) in [6.45, 7) is 10.7. The highest BCUT2D eigenvalue weighted by Gasteiger charge is 2.17. The third kappa shape index (κ3) is 7.20. The molecule has 0 unspecified atom stereocenters. The van der Waals surface area contributed by atoms with Crippen molar-refractivity contribution < 1.29 is 19.1 Å². The predicted molar refractivity (Wildman–Crippen MR) is 145 cm³/mol. The number of nitrogens with zero attached hydrogens (tertiary/aromatic N) is 3. The van der Waals surface area contributed by atoms with Crippen LogP contribution in [-0.2, 0) is 22.7 Å². The van der Waals surface area contributed by atoms with Gasteiger partial charge in [0, 0.05) is 11.0 Å². The second-order valence-corrected chi connectivity index (χ2v) is 9.88. The van der Waals surface area contributed by atoms with Gasteiger partial charge in [-0.05, 0) is 48.7 Å². The molecular weight excluding hydrogens is 544 g/mol. The lowest BCUT2D eigenvalue weighted by molar-refractivity contribution is -0.113. The molecule has 0 aliphatic carbocycles. The van der Waals surface area contributed by atoms with Crippen molar-refractivity contribution in [1.29, 1.82) is 0 Å². The third-order valence-electron chi connectivity index (χ3n) is 5.08. The minimum Gasteiger partial charge on any atom is -0.485 e. The van der Waals surface area contributed by atoms with Crippen molar-refractivity contribution in [2.24, 2.45) is 0 Å². The minimum absolute atomic E-state index is 0.0809. The normalized spacial score (nSPS) is 10.8. The Labute approximate surface area is 223 Å². The van der Waals surface area contributed by atoms with E-state index in [1.165, 1.54) is 11.8 Å². The van der Waals surface area contributed by atoms with Gasteiger partial charge in [0.1, 0.15) is 12.4 Å². The number of aromatic nitrogens is 3. The van der Waals surface area contributed by atoms with Crippen LogP contribution in [0, 0.1) is 0 Å². The molecule has 0 saturated carbocycles. The van der Waals surface area contributed by atoms with Gasteiger partial charge in [-0.2, -0.15) is 0 Å². The Morgan fingerprint density at radius 3 is 2.72 bits per heavy atom. The number of esters is 1. The van der Waals surface area contributed by atoms with Crippen molar-refractivity contribution >= 4 is 45.3 Å². The number of thioether (sulfide) groups is 1. The van der Waals surface area contributed by atoms with E-state index < -0.39 is 5.97 Å². The number of hydrogen-bond acceptors (Lipinski definition) is 7. The molecule has 190 valence electrons. The molecule has 3 rings (SSSR count). The van der Waals surface area contributed by atoms with Crippen LogP contribution in [0.4, 0.5) is 5.69 Å². The number of anilines is 1. The summed E-state index contributed by atoms with van der Waals surface area (Å²) in [5.74, 6) is 1.03. The van der Waals surface area contributed by atoms with Crippen molar-refractivity contribution in [3.63, 3.8) is 0 Å². The first-order chi connectivity index (χ1) is 17.3. The van der Waals surface area contributed by atoms with Gasteiger partial charge in [-0.1, -0.05) is 59.7 Å². The number of carbonyl (C=O) groups excluding carboxylic acids is 2. The van der Waals surface area contributed by atoms with Crippen LogP contribution >= 0.6 is 27.7 Å². The van der Waals surface area contributed by atoms with Crippen molar-refractivity contribution in [3.05, 3.63) is 76.5 Å². The van der Waals surface area contributed by atoms with Crippen LogP contribution in [0.1, 0.15) is 48.4 Å². The van der Waals surface area contributed by atoms with E-state index in [9.17, 15) is 9.59 Å². The molecule has 0 aliphatic heterocycles. The summed E-state index contributed by atoms with van der Waals surface area (Å²) in [6.07, 6.45) is 1.74. The molecule has 0 saturated heterocycles. The molecule has 10 heteroatoms. The van der Waals surface area contributed by atoms with Crippen LogP contribution in [-0.4, -0.2) is 39.0 Å². The van der Waals surface area contributed by atoms with Crippen LogP contribution in [0.25, 0.3) is 0 Å². The Hall–Kier alpha value is -3.11. The molecule has 0 atom stereocenters. The van der Waals surface area contributed by atoms with Crippen molar-refractivity contribution in [1.82, 2.24) is 14.8 Å². The number of benzene rings is 2. The Balaban J connectivity index is 1.67. The second-order valence-electron chi connectivity index (χ2n) is 8.03. The standard InChI is InChI=1S/C26H29BrN4O4S/c1-5-13-31-23(15-35-22-12-11-18(27)14-20(22)17(3)4)29-30-26(31)36-16-24(32)28-21-10-8-7-9-19(21)25(33)34-6-2/h5,7-12,14,17H,1,6,13,15-16H2,2-4H3,(H,28,32). The quantitative estimate of drug-likeness (QED) is 0.165.